The fourth-order valence-electron chi connectivity index (χ4n) is 3.86. The first-order valence-corrected chi connectivity index (χ1v) is 12.9. The second-order valence-electron chi connectivity index (χ2n) is 9.64. The van der Waals surface area contributed by atoms with Crippen molar-refractivity contribution in [3.05, 3.63) is 87.5 Å². The molecule has 194 valence electrons. The number of methoxy groups -OCH3 is 1. The Bertz CT molecular complexity index is 1590. The van der Waals surface area contributed by atoms with Crippen molar-refractivity contribution in [2.75, 3.05) is 12.4 Å². The quantitative estimate of drug-likeness (QED) is 0.252. The van der Waals surface area contributed by atoms with E-state index in [0.717, 1.165) is 11.3 Å². The van der Waals surface area contributed by atoms with Crippen molar-refractivity contribution in [3.8, 4) is 23.1 Å². The summed E-state index contributed by atoms with van der Waals surface area (Å²) in [5.41, 5.74) is 2.83. The van der Waals surface area contributed by atoms with Crippen LogP contribution >= 0.6 is 11.8 Å². The molecule has 0 saturated carbocycles. The number of hydrogen-bond acceptors (Lipinski definition) is 7. The Morgan fingerprint density at radius 2 is 1.95 bits per heavy atom. The molecule has 38 heavy (non-hydrogen) atoms. The summed E-state index contributed by atoms with van der Waals surface area (Å²) in [6, 6.07) is 18.3. The van der Waals surface area contributed by atoms with Gasteiger partial charge in [-0.15, -0.1) is 0 Å². The SMILES string of the molecule is COc1cccc(-c2nc(SCc3cccc(NC(=O)c4cc(C)nn4C(C)(C)C)c3)[nH]c(=O)c2C#N)c1. The highest BCUT2D eigenvalue weighted by molar-refractivity contribution is 7.98. The number of hydrogen-bond donors (Lipinski definition) is 2. The molecule has 0 aliphatic carbocycles. The number of carbonyl (C=O) groups is 1. The van der Waals surface area contributed by atoms with Crippen molar-refractivity contribution in [1.29, 1.82) is 5.26 Å². The van der Waals surface area contributed by atoms with Crippen molar-refractivity contribution >= 4 is 23.4 Å². The first-order chi connectivity index (χ1) is 18.1. The first-order valence-electron chi connectivity index (χ1n) is 11.9. The van der Waals surface area contributed by atoms with E-state index in [1.807, 2.05) is 58.0 Å². The number of amides is 1. The first kappa shape index (κ1) is 26.7. The summed E-state index contributed by atoms with van der Waals surface area (Å²) >= 11 is 1.32. The minimum Gasteiger partial charge on any atom is -0.497 e. The van der Waals surface area contributed by atoms with Crippen LogP contribution in [0, 0.1) is 18.3 Å². The molecule has 0 saturated heterocycles. The molecule has 2 heterocycles. The average molecular weight is 529 g/mol. The van der Waals surface area contributed by atoms with E-state index in [0.29, 0.717) is 39.3 Å². The number of rotatable bonds is 7. The summed E-state index contributed by atoms with van der Waals surface area (Å²) in [6.07, 6.45) is 0. The molecule has 4 rings (SSSR count). The summed E-state index contributed by atoms with van der Waals surface area (Å²) in [6.45, 7) is 7.85. The Labute approximate surface area is 224 Å². The van der Waals surface area contributed by atoms with E-state index in [4.69, 9.17) is 4.74 Å². The molecule has 4 aromatic rings. The van der Waals surface area contributed by atoms with E-state index in [-0.39, 0.29) is 17.0 Å². The Morgan fingerprint density at radius 1 is 1.18 bits per heavy atom. The molecule has 9 nitrogen and oxygen atoms in total. The average Bonchev–Trinajstić information content (AvgIpc) is 3.30. The summed E-state index contributed by atoms with van der Waals surface area (Å²) in [5, 5.41) is 17.4. The molecule has 0 radical (unpaired) electrons. The van der Waals surface area contributed by atoms with Crippen molar-refractivity contribution in [2.45, 2.75) is 44.1 Å². The standard InChI is InChI=1S/C28H28N6O3S/c1-17-12-23(34(33-17)28(2,3)4)26(36)30-20-10-6-8-18(13-20)16-38-27-31-24(22(15-29)25(35)32-27)19-9-7-11-21(14-19)37-5/h6-14H,16H2,1-5H3,(H,30,36)(H,31,32,35). The molecule has 0 spiro atoms. The van der Waals surface area contributed by atoms with Crippen molar-refractivity contribution in [2.24, 2.45) is 0 Å². The molecule has 2 N–H and O–H groups in total. The number of carbonyl (C=O) groups excluding carboxylic acids is 1. The van der Waals surface area contributed by atoms with Gasteiger partial charge < -0.3 is 15.0 Å². The van der Waals surface area contributed by atoms with Gasteiger partial charge in [0.25, 0.3) is 11.5 Å². The van der Waals surface area contributed by atoms with Gasteiger partial charge in [0.1, 0.15) is 23.1 Å². The van der Waals surface area contributed by atoms with E-state index in [1.54, 1.807) is 42.1 Å². The van der Waals surface area contributed by atoms with E-state index < -0.39 is 5.56 Å². The number of H-pyrrole nitrogens is 1. The molecule has 0 bridgehead atoms. The van der Waals surface area contributed by atoms with Crippen LogP contribution in [0.3, 0.4) is 0 Å². The smallest absolute Gasteiger partial charge is 0.273 e. The van der Waals surface area contributed by atoms with Crippen LogP contribution < -0.4 is 15.6 Å². The van der Waals surface area contributed by atoms with Gasteiger partial charge in [0.05, 0.1) is 24.0 Å². The molecule has 10 heteroatoms. The fraction of sp³-hybridized carbons (Fsp3) is 0.250. The van der Waals surface area contributed by atoms with Crippen molar-refractivity contribution in [3.63, 3.8) is 0 Å². The third kappa shape index (κ3) is 5.95. The van der Waals surface area contributed by atoms with Crippen LogP contribution in [0.1, 0.15) is 48.1 Å². The molecular weight excluding hydrogens is 500 g/mol. The largest absolute Gasteiger partial charge is 0.497 e. The fourth-order valence-corrected chi connectivity index (χ4v) is 4.67. The molecule has 1 amide bonds. The maximum Gasteiger partial charge on any atom is 0.273 e. The molecule has 0 unspecified atom stereocenters. The number of benzene rings is 2. The maximum atomic E-state index is 13.0. The van der Waals surface area contributed by atoms with Crippen LogP contribution in [-0.2, 0) is 11.3 Å². The van der Waals surface area contributed by atoms with Crippen LogP contribution in [0.25, 0.3) is 11.3 Å². The van der Waals surface area contributed by atoms with Crippen LogP contribution in [0.15, 0.2) is 64.5 Å². The topological polar surface area (TPSA) is 126 Å². The van der Waals surface area contributed by atoms with Gasteiger partial charge in [0.2, 0.25) is 0 Å². The zero-order chi connectivity index (χ0) is 27.4. The predicted octanol–water partition coefficient (Wildman–Crippen LogP) is 5.12. The van der Waals surface area contributed by atoms with Crippen LogP contribution in [-0.4, -0.2) is 32.8 Å². The second-order valence-corrected chi connectivity index (χ2v) is 10.6. The van der Waals surface area contributed by atoms with E-state index >= 15 is 0 Å². The summed E-state index contributed by atoms with van der Waals surface area (Å²) < 4.78 is 7.00. The van der Waals surface area contributed by atoms with Crippen LogP contribution in [0.4, 0.5) is 5.69 Å². The highest BCUT2D eigenvalue weighted by atomic mass is 32.2. The molecular formula is C28H28N6O3S. The minimum atomic E-state index is -0.505. The third-order valence-electron chi connectivity index (χ3n) is 5.61. The van der Waals surface area contributed by atoms with Gasteiger partial charge in [-0.05, 0) is 63.6 Å². The van der Waals surface area contributed by atoms with Gasteiger partial charge in [-0.25, -0.2) is 4.98 Å². The number of nitriles is 1. The number of aryl methyl sites for hydroxylation is 1. The Morgan fingerprint density at radius 3 is 2.66 bits per heavy atom. The third-order valence-corrected chi connectivity index (χ3v) is 6.56. The van der Waals surface area contributed by atoms with E-state index in [9.17, 15) is 14.9 Å². The predicted molar refractivity (Wildman–Crippen MR) is 147 cm³/mol. The summed E-state index contributed by atoms with van der Waals surface area (Å²) in [4.78, 5) is 32.9. The van der Waals surface area contributed by atoms with Crippen LogP contribution in [0.5, 0.6) is 5.75 Å². The summed E-state index contributed by atoms with van der Waals surface area (Å²) in [7, 11) is 1.55. The zero-order valence-electron chi connectivity index (χ0n) is 21.8. The van der Waals surface area contributed by atoms with E-state index in [1.165, 1.54) is 11.8 Å². The van der Waals surface area contributed by atoms with Gasteiger partial charge >= 0.3 is 0 Å². The highest BCUT2D eigenvalue weighted by Gasteiger charge is 2.23. The number of nitrogens with one attached hydrogen (secondary N) is 2. The zero-order valence-corrected chi connectivity index (χ0v) is 22.6. The monoisotopic (exact) mass is 528 g/mol. The maximum absolute atomic E-state index is 13.0. The van der Waals surface area contributed by atoms with Gasteiger partial charge in [0, 0.05) is 17.0 Å². The highest BCUT2D eigenvalue weighted by Crippen LogP contribution is 2.27. The second kappa shape index (κ2) is 10.9. The lowest BCUT2D eigenvalue weighted by Crippen LogP contribution is -2.29. The van der Waals surface area contributed by atoms with Gasteiger partial charge in [-0.1, -0.05) is 36.0 Å². The van der Waals surface area contributed by atoms with Crippen LogP contribution in [0.2, 0.25) is 0 Å². The lowest BCUT2D eigenvalue weighted by Gasteiger charge is -2.22. The van der Waals surface area contributed by atoms with Gasteiger partial charge in [-0.3, -0.25) is 14.3 Å². The Balaban J connectivity index is 1.53. The van der Waals surface area contributed by atoms with E-state index in [2.05, 4.69) is 20.4 Å². The normalized spacial score (nSPS) is 11.2. The number of aromatic nitrogens is 4. The number of aromatic amines is 1. The Kier molecular flexibility index (Phi) is 7.69. The molecule has 0 aliphatic heterocycles. The lowest BCUT2D eigenvalue weighted by atomic mass is 10.1. The minimum absolute atomic E-state index is 0.0583. The van der Waals surface area contributed by atoms with Crippen molar-refractivity contribution in [1.82, 2.24) is 19.7 Å². The number of anilines is 1. The molecule has 2 aromatic heterocycles. The number of thioether (sulfide) groups is 1. The molecule has 0 fully saturated rings. The number of nitrogens with zero attached hydrogens (tertiary/aromatic N) is 4. The Hall–Kier alpha value is -4.36. The summed E-state index contributed by atoms with van der Waals surface area (Å²) in [5.74, 6) is 0.836. The molecule has 0 atom stereocenters. The number of ether oxygens (including phenoxy) is 1. The van der Waals surface area contributed by atoms with Crippen molar-refractivity contribution < 1.29 is 9.53 Å². The van der Waals surface area contributed by atoms with Gasteiger partial charge in [0.15, 0.2) is 5.16 Å². The molecule has 0 aliphatic rings. The lowest BCUT2D eigenvalue weighted by molar-refractivity contribution is 0.100. The molecule has 2 aromatic carbocycles. The van der Waals surface area contributed by atoms with Gasteiger partial charge in [-0.2, -0.15) is 10.4 Å².